The summed E-state index contributed by atoms with van der Waals surface area (Å²) in [5.41, 5.74) is 1.17. The highest BCUT2D eigenvalue weighted by Crippen LogP contribution is 2.05. The molecule has 0 fully saturated rings. The van der Waals surface area contributed by atoms with Gasteiger partial charge in [-0.05, 0) is 37.5 Å². The highest BCUT2D eigenvalue weighted by atomic mass is 16.4. The summed E-state index contributed by atoms with van der Waals surface area (Å²) in [7, 11) is 0. The van der Waals surface area contributed by atoms with Crippen molar-refractivity contribution >= 4 is 12.0 Å². The minimum Gasteiger partial charge on any atom is -0.478 e. The van der Waals surface area contributed by atoms with Gasteiger partial charge >= 0.3 is 5.97 Å². The molecule has 0 radical (unpaired) electrons. The Morgan fingerprint density at radius 2 is 2.11 bits per heavy atom. The van der Waals surface area contributed by atoms with E-state index in [1.54, 1.807) is 10.6 Å². The van der Waals surface area contributed by atoms with Crippen LogP contribution >= 0.6 is 0 Å². The summed E-state index contributed by atoms with van der Waals surface area (Å²) in [4.78, 5) is 22.6. The van der Waals surface area contributed by atoms with E-state index in [0.29, 0.717) is 18.0 Å². The number of carbonyl (C=O) groups is 1. The van der Waals surface area contributed by atoms with Crippen LogP contribution in [0, 0.1) is 12.8 Å². The number of pyridine rings is 1. The highest BCUT2D eigenvalue weighted by Gasteiger charge is 2.05. The summed E-state index contributed by atoms with van der Waals surface area (Å²) < 4.78 is 1.70. The zero-order valence-corrected chi connectivity index (χ0v) is 11.0. The van der Waals surface area contributed by atoms with Gasteiger partial charge in [0.2, 0.25) is 0 Å². The molecule has 4 heteroatoms. The zero-order chi connectivity index (χ0) is 13.7. The van der Waals surface area contributed by atoms with Crippen molar-refractivity contribution < 1.29 is 9.90 Å². The lowest BCUT2D eigenvalue weighted by molar-refractivity contribution is -0.131. The van der Waals surface area contributed by atoms with E-state index in [9.17, 15) is 9.59 Å². The first-order valence-corrected chi connectivity index (χ1v) is 6.03. The fraction of sp³-hybridized carbons (Fsp3) is 0.429. The first-order valence-electron chi connectivity index (χ1n) is 6.03. The molecule has 18 heavy (non-hydrogen) atoms. The molecule has 0 atom stereocenters. The zero-order valence-electron chi connectivity index (χ0n) is 11.0. The maximum absolute atomic E-state index is 12.1. The minimum atomic E-state index is -1.05. The van der Waals surface area contributed by atoms with Gasteiger partial charge in [0.25, 0.3) is 5.56 Å². The maximum Gasteiger partial charge on any atom is 0.328 e. The Morgan fingerprint density at radius 1 is 1.44 bits per heavy atom. The Kier molecular flexibility index (Phi) is 4.89. The van der Waals surface area contributed by atoms with Gasteiger partial charge in [0.1, 0.15) is 0 Å². The van der Waals surface area contributed by atoms with Crippen molar-refractivity contribution in [1.82, 2.24) is 4.57 Å². The van der Waals surface area contributed by atoms with Crippen molar-refractivity contribution in [1.29, 1.82) is 0 Å². The van der Waals surface area contributed by atoms with Gasteiger partial charge < -0.3 is 9.67 Å². The molecule has 0 saturated heterocycles. The molecule has 98 valence electrons. The number of rotatable bonds is 5. The van der Waals surface area contributed by atoms with Crippen LogP contribution in [0.15, 0.2) is 23.0 Å². The van der Waals surface area contributed by atoms with Gasteiger partial charge in [0, 0.05) is 23.9 Å². The first kappa shape index (κ1) is 14.2. The average molecular weight is 249 g/mol. The van der Waals surface area contributed by atoms with Crippen LogP contribution in [0.2, 0.25) is 0 Å². The Morgan fingerprint density at radius 3 is 2.67 bits per heavy atom. The van der Waals surface area contributed by atoms with Crippen LogP contribution in [0.25, 0.3) is 6.08 Å². The second kappa shape index (κ2) is 6.19. The largest absolute Gasteiger partial charge is 0.478 e. The number of aliphatic carboxylic acids is 1. The van der Waals surface area contributed by atoms with Gasteiger partial charge in [-0.15, -0.1) is 0 Å². The summed E-state index contributed by atoms with van der Waals surface area (Å²) in [5.74, 6) is -0.529. The standard InChI is InChI=1S/C14H19NO3/c1-10(2)8-9-15-11(3)4-5-12(14(15)18)6-7-13(16)17/h4-7,10H,8-9H2,1-3H3,(H,16,17)/b7-6+. The summed E-state index contributed by atoms with van der Waals surface area (Å²) in [6.07, 6.45) is 3.25. The molecule has 1 N–H and O–H groups in total. The lowest BCUT2D eigenvalue weighted by Crippen LogP contribution is -2.24. The van der Waals surface area contributed by atoms with Gasteiger partial charge in [-0.25, -0.2) is 4.79 Å². The van der Waals surface area contributed by atoms with Crippen molar-refractivity contribution in [2.75, 3.05) is 0 Å². The van der Waals surface area contributed by atoms with Crippen LogP contribution in [0.1, 0.15) is 31.5 Å². The first-order chi connectivity index (χ1) is 8.41. The van der Waals surface area contributed by atoms with Crippen molar-refractivity contribution in [3.8, 4) is 0 Å². The lowest BCUT2D eigenvalue weighted by atomic mass is 10.1. The molecular weight excluding hydrogens is 230 g/mol. The number of hydrogen-bond donors (Lipinski definition) is 1. The molecule has 1 heterocycles. The molecule has 0 aliphatic carbocycles. The lowest BCUT2D eigenvalue weighted by Gasteiger charge is -2.12. The second-order valence-electron chi connectivity index (χ2n) is 4.74. The summed E-state index contributed by atoms with van der Waals surface area (Å²) in [6.45, 7) is 6.76. The van der Waals surface area contributed by atoms with Crippen LogP contribution in [-0.2, 0) is 11.3 Å². The van der Waals surface area contributed by atoms with Gasteiger partial charge in [-0.2, -0.15) is 0 Å². The van der Waals surface area contributed by atoms with E-state index in [1.807, 2.05) is 13.0 Å². The molecule has 0 saturated carbocycles. The van der Waals surface area contributed by atoms with Crippen molar-refractivity contribution in [2.45, 2.75) is 33.7 Å². The van der Waals surface area contributed by atoms with Crippen LogP contribution in [0.5, 0.6) is 0 Å². The molecule has 0 bridgehead atoms. The van der Waals surface area contributed by atoms with Gasteiger partial charge in [-0.1, -0.05) is 13.8 Å². The van der Waals surface area contributed by atoms with E-state index in [4.69, 9.17) is 5.11 Å². The third-order valence-electron chi connectivity index (χ3n) is 2.76. The normalized spacial score (nSPS) is 11.3. The van der Waals surface area contributed by atoms with Gasteiger partial charge in [0.15, 0.2) is 0 Å². The van der Waals surface area contributed by atoms with E-state index >= 15 is 0 Å². The van der Waals surface area contributed by atoms with E-state index in [1.165, 1.54) is 6.08 Å². The van der Waals surface area contributed by atoms with Crippen LogP contribution in [0.3, 0.4) is 0 Å². The smallest absolute Gasteiger partial charge is 0.328 e. The molecule has 0 aromatic carbocycles. The Bertz CT molecular complexity index is 512. The fourth-order valence-corrected chi connectivity index (χ4v) is 1.64. The summed E-state index contributed by atoms with van der Waals surface area (Å²) >= 11 is 0. The van der Waals surface area contributed by atoms with Crippen molar-refractivity contribution in [3.63, 3.8) is 0 Å². The summed E-state index contributed by atoms with van der Waals surface area (Å²) in [6, 6.07) is 3.49. The molecule has 1 rings (SSSR count). The Hall–Kier alpha value is -1.84. The number of carboxylic acid groups (broad SMARTS) is 1. The number of aryl methyl sites for hydroxylation is 1. The third kappa shape index (κ3) is 3.87. The van der Waals surface area contributed by atoms with Crippen molar-refractivity contribution in [2.24, 2.45) is 5.92 Å². The van der Waals surface area contributed by atoms with E-state index < -0.39 is 5.97 Å². The number of carboxylic acids is 1. The molecule has 0 aliphatic heterocycles. The maximum atomic E-state index is 12.1. The molecule has 1 aromatic heterocycles. The van der Waals surface area contributed by atoms with E-state index in [-0.39, 0.29) is 5.56 Å². The summed E-state index contributed by atoms with van der Waals surface area (Å²) in [5, 5.41) is 8.57. The third-order valence-corrected chi connectivity index (χ3v) is 2.76. The Labute approximate surface area is 107 Å². The molecular formula is C14H19NO3. The van der Waals surface area contributed by atoms with Crippen LogP contribution < -0.4 is 5.56 Å². The molecule has 0 unspecified atom stereocenters. The number of nitrogens with zero attached hydrogens (tertiary/aromatic N) is 1. The second-order valence-corrected chi connectivity index (χ2v) is 4.74. The van der Waals surface area contributed by atoms with Crippen LogP contribution in [-0.4, -0.2) is 15.6 Å². The minimum absolute atomic E-state index is 0.131. The van der Waals surface area contributed by atoms with Crippen molar-refractivity contribution in [3.05, 3.63) is 39.8 Å². The fourth-order valence-electron chi connectivity index (χ4n) is 1.64. The predicted molar refractivity (Wildman–Crippen MR) is 71.6 cm³/mol. The van der Waals surface area contributed by atoms with Crippen LogP contribution in [0.4, 0.5) is 0 Å². The quantitative estimate of drug-likeness (QED) is 0.814. The van der Waals surface area contributed by atoms with Gasteiger partial charge in [0.05, 0.1) is 0 Å². The number of hydrogen-bond acceptors (Lipinski definition) is 2. The molecule has 0 spiro atoms. The van der Waals surface area contributed by atoms with E-state index in [0.717, 1.165) is 18.2 Å². The highest BCUT2D eigenvalue weighted by molar-refractivity contribution is 5.85. The SMILES string of the molecule is Cc1ccc(/C=C/C(=O)O)c(=O)n1CCC(C)C. The predicted octanol–water partition coefficient (Wildman–Crippen LogP) is 2.30. The topological polar surface area (TPSA) is 59.3 Å². The van der Waals surface area contributed by atoms with E-state index in [2.05, 4.69) is 13.8 Å². The molecule has 0 aliphatic rings. The average Bonchev–Trinajstić information content (AvgIpc) is 2.27. The monoisotopic (exact) mass is 249 g/mol. The molecule has 1 aromatic rings. The number of aromatic nitrogens is 1. The molecule has 0 amide bonds. The Balaban J connectivity index is 3.07. The molecule has 4 nitrogen and oxygen atoms in total. The van der Waals surface area contributed by atoms with Gasteiger partial charge in [-0.3, -0.25) is 4.79 Å².